The molecule has 0 aromatic carbocycles. The van der Waals surface area contributed by atoms with Gasteiger partial charge in [0, 0.05) is 26.8 Å². The lowest BCUT2D eigenvalue weighted by Crippen LogP contribution is -2.47. The van der Waals surface area contributed by atoms with Gasteiger partial charge in [0.1, 0.15) is 17.9 Å². The van der Waals surface area contributed by atoms with Crippen LogP contribution in [0.2, 0.25) is 0 Å². The summed E-state index contributed by atoms with van der Waals surface area (Å²) in [4.78, 5) is 30.7. The van der Waals surface area contributed by atoms with E-state index in [1.165, 1.54) is 20.4 Å². The summed E-state index contributed by atoms with van der Waals surface area (Å²) in [6.07, 6.45) is 5.35. The first-order valence-electron chi connectivity index (χ1n) is 8.57. The largest absolute Gasteiger partial charge is 0.495 e. The van der Waals surface area contributed by atoms with Crippen molar-refractivity contribution in [2.75, 3.05) is 27.3 Å². The molecule has 0 saturated carbocycles. The van der Waals surface area contributed by atoms with E-state index in [1.807, 2.05) is 0 Å². The van der Waals surface area contributed by atoms with E-state index in [1.54, 1.807) is 22.8 Å². The molecular formula is C17H23N5O4. The zero-order chi connectivity index (χ0) is 18.7. The molecule has 9 nitrogen and oxygen atoms in total. The zero-order valence-corrected chi connectivity index (χ0v) is 15.2. The predicted octanol–water partition coefficient (Wildman–Crippen LogP) is 1.33. The monoisotopic (exact) mass is 361 g/mol. The molecule has 0 spiro atoms. The van der Waals surface area contributed by atoms with Crippen LogP contribution >= 0.6 is 0 Å². The maximum atomic E-state index is 13.2. The number of ether oxygens (including phenoxy) is 2. The van der Waals surface area contributed by atoms with Gasteiger partial charge in [0.15, 0.2) is 5.65 Å². The number of pyridine rings is 1. The lowest BCUT2D eigenvalue weighted by Gasteiger charge is -2.35. The number of carbonyl (C=O) groups excluding carboxylic acids is 2. The number of hydrogen-bond donors (Lipinski definition) is 1. The third-order valence-electron chi connectivity index (χ3n) is 4.65. The number of hydrogen-bond acceptors (Lipinski definition) is 6. The Bertz CT molecular complexity index is 819. The highest BCUT2D eigenvalue weighted by Crippen LogP contribution is 2.30. The number of nitrogens with one attached hydrogen (secondary N) is 1. The maximum absolute atomic E-state index is 13.2. The van der Waals surface area contributed by atoms with Crippen LogP contribution in [0, 0.1) is 0 Å². The molecule has 2 aromatic rings. The Balaban J connectivity index is 1.88. The zero-order valence-electron chi connectivity index (χ0n) is 15.2. The second-order valence-electron chi connectivity index (χ2n) is 6.21. The van der Waals surface area contributed by atoms with Crippen molar-refractivity contribution in [3.8, 4) is 5.75 Å². The summed E-state index contributed by atoms with van der Waals surface area (Å²) in [5, 5.41) is 7.28. The molecule has 1 saturated heterocycles. The highest BCUT2D eigenvalue weighted by atomic mass is 16.5. The third-order valence-corrected chi connectivity index (χ3v) is 4.65. The Labute approximate surface area is 151 Å². The van der Waals surface area contributed by atoms with E-state index in [0.29, 0.717) is 28.9 Å². The average molecular weight is 361 g/mol. The Morgan fingerprint density at radius 3 is 2.88 bits per heavy atom. The first kappa shape index (κ1) is 18.0. The molecule has 9 heteroatoms. The molecule has 2 amide bonds. The summed E-state index contributed by atoms with van der Waals surface area (Å²) in [6, 6.07) is -0.164. The Hall–Kier alpha value is -2.84. The van der Waals surface area contributed by atoms with Gasteiger partial charge in [-0.05, 0) is 19.3 Å². The van der Waals surface area contributed by atoms with Gasteiger partial charge in [-0.3, -0.25) is 9.48 Å². The minimum atomic E-state index is -0.501. The predicted molar refractivity (Wildman–Crippen MR) is 94.1 cm³/mol. The topological polar surface area (TPSA) is 98.6 Å². The van der Waals surface area contributed by atoms with Crippen LogP contribution < -0.4 is 10.1 Å². The van der Waals surface area contributed by atoms with Crippen LogP contribution in [-0.2, 0) is 11.8 Å². The van der Waals surface area contributed by atoms with E-state index in [9.17, 15) is 9.59 Å². The second kappa shape index (κ2) is 7.59. The first-order chi connectivity index (χ1) is 12.6. The number of nitrogens with zero attached hydrogens (tertiary/aromatic N) is 4. The number of fused-ring (bicyclic) bond motifs is 1. The van der Waals surface area contributed by atoms with Crippen LogP contribution in [0.15, 0.2) is 12.4 Å². The van der Waals surface area contributed by atoms with E-state index in [4.69, 9.17) is 9.47 Å². The Morgan fingerprint density at radius 2 is 2.15 bits per heavy atom. The number of alkyl carbamates (subject to hydrolysis) is 1. The van der Waals surface area contributed by atoms with Gasteiger partial charge in [0.2, 0.25) is 0 Å². The summed E-state index contributed by atoms with van der Waals surface area (Å²) in [5.74, 6) is 0.287. The molecule has 0 aliphatic carbocycles. The summed E-state index contributed by atoms with van der Waals surface area (Å²) >= 11 is 0. The highest BCUT2D eigenvalue weighted by molar-refractivity contribution is 6.02. The number of aromatic nitrogens is 3. The van der Waals surface area contributed by atoms with Crippen molar-refractivity contribution < 1.29 is 19.1 Å². The van der Waals surface area contributed by atoms with E-state index in [0.717, 1.165) is 19.3 Å². The number of methoxy groups -OCH3 is 1. The van der Waals surface area contributed by atoms with Crippen molar-refractivity contribution in [1.29, 1.82) is 0 Å². The minimum Gasteiger partial charge on any atom is -0.495 e. The van der Waals surface area contributed by atoms with Crippen molar-refractivity contribution in [3.63, 3.8) is 0 Å². The molecule has 140 valence electrons. The van der Waals surface area contributed by atoms with Crippen LogP contribution in [-0.4, -0.2) is 65.0 Å². The summed E-state index contributed by atoms with van der Waals surface area (Å²) in [6.45, 7) is 0.769. The van der Waals surface area contributed by atoms with Crippen molar-refractivity contribution in [3.05, 3.63) is 18.0 Å². The number of carbonyl (C=O) groups is 2. The summed E-state index contributed by atoms with van der Waals surface area (Å²) < 4.78 is 12.3. The van der Waals surface area contributed by atoms with Crippen LogP contribution in [0.1, 0.15) is 29.6 Å². The van der Waals surface area contributed by atoms with Crippen molar-refractivity contribution >= 4 is 23.0 Å². The van der Waals surface area contributed by atoms with Crippen LogP contribution in [0.3, 0.4) is 0 Å². The summed E-state index contributed by atoms with van der Waals surface area (Å²) in [7, 11) is 4.82. The lowest BCUT2D eigenvalue weighted by molar-refractivity contribution is 0.0449. The fraction of sp³-hybridized carbons (Fsp3) is 0.529. The number of amides is 2. The van der Waals surface area contributed by atoms with Gasteiger partial charge in [-0.2, -0.15) is 5.10 Å². The number of likely N-dealkylation sites (tertiary alicyclic amines) is 1. The third kappa shape index (κ3) is 3.29. The fourth-order valence-corrected chi connectivity index (χ4v) is 3.29. The minimum absolute atomic E-state index is 0.163. The molecule has 3 rings (SSSR count). The van der Waals surface area contributed by atoms with Gasteiger partial charge in [0.05, 0.1) is 24.7 Å². The van der Waals surface area contributed by atoms with Gasteiger partial charge < -0.3 is 19.7 Å². The molecule has 1 aliphatic heterocycles. The molecule has 3 heterocycles. The normalized spacial score (nSPS) is 17.2. The first-order valence-corrected chi connectivity index (χ1v) is 8.57. The molecule has 1 aliphatic rings. The molecule has 0 bridgehead atoms. The Morgan fingerprint density at radius 1 is 1.35 bits per heavy atom. The quantitative estimate of drug-likeness (QED) is 0.882. The van der Waals surface area contributed by atoms with E-state index >= 15 is 0 Å². The number of rotatable bonds is 4. The molecular weight excluding hydrogens is 338 g/mol. The van der Waals surface area contributed by atoms with Gasteiger partial charge in [-0.15, -0.1) is 0 Å². The van der Waals surface area contributed by atoms with Crippen molar-refractivity contribution in [2.45, 2.75) is 25.3 Å². The van der Waals surface area contributed by atoms with E-state index in [-0.39, 0.29) is 18.6 Å². The van der Waals surface area contributed by atoms with Gasteiger partial charge in [-0.25, -0.2) is 9.78 Å². The lowest BCUT2D eigenvalue weighted by atomic mass is 10.0. The van der Waals surface area contributed by atoms with Gasteiger partial charge >= 0.3 is 6.09 Å². The van der Waals surface area contributed by atoms with Gasteiger partial charge in [-0.1, -0.05) is 0 Å². The van der Waals surface area contributed by atoms with Crippen molar-refractivity contribution in [2.24, 2.45) is 7.05 Å². The number of aryl methyl sites for hydroxylation is 1. The van der Waals surface area contributed by atoms with Crippen LogP contribution in [0.5, 0.6) is 5.75 Å². The highest BCUT2D eigenvalue weighted by Gasteiger charge is 2.31. The van der Waals surface area contributed by atoms with Crippen LogP contribution in [0.25, 0.3) is 11.0 Å². The number of piperidine rings is 1. The van der Waals surface area contributed by atoms with E-state index < -0.39 is 6.09 Å². The maximum Gasteiger partial charge on any atom is 0.406 e. The SMILES string of the molecule is CNC(=O)OCC1CCCCN1C(=O)c1cnc2c(cnn2C)c1OC. The average Bonchev–Trinajstić information content (AvgIpc) is 3.06. The molecule has 26 heavy (non-hydrogen) atoms. The van der Waals surface area contributed by atoms with Crippen molar-refractivity contribution in [1.82, 2.24) is 25.0 Å². The van der Waals surface area contributed by atoms with Crippen LogP contribution in [0.4, 0.5) is 4.79 Å². The molecule has 2 aromatic heterocycles. The smallest absolute Gasteiger partial charge is 0.406 e. The van der Waals surface area contributed by atoms with Gasteiger partial charge in [0.25, 0.3) is 5.91 Å². The molecule has 1 fully saturated rings. The standard InChI is InChI=1S/C17H23N5O4/c1-18-17(24)26-10-11-6-4-5-7-22(11)16(23)13-8-19-15-12(14(13)25-3)9-20-21(15)2/h8-9,11H,4-7,10H2,1-3H3,(H,18,24). The molecule has 1 atom stereocenters. The summed E-state index contributed by atoms with van der Waals surface area (Å²) in [5.41, 5.74) is 1.04. The second-order valence-corrected chi connectivity index (χ2v) is 6.21. The van der Waals surface area contributed by atoms with E-state index in [2.05, 4.69) is 15.4 Å². The molecule has 0 radical (unpaired) electrons. The molecule has 1 N–H and O–H groups in total. The fourth-order valence-electron chi connectivity index (χ4n) is 3.29. The molecule has 1 unspecified atom stereocenters. The Kier molecular flexibility index (Phi) is 5.24.